The maximum absolute atomic E-state index is 11.3. The van der Waals surface area contributed by atoms with Gasteiger partial charge in [-0.15, -0.1) is 0 Å². The molecule has 0 saturated heterocycles. The van der Waals surface area contributed by atoms with Gasteiger partial charge in [-0.2, -0.15) is 0 Å². The Bertz CT molecular complexity index is 287. The maximum atomic E-state index is 11.3. The summed E-state index contributed by atoms with van der Waals surface area (Å²) in [6.07, 6.45) is 3.63. The van der Waals surface area contributed by atoms with Crippen LogP contribution >= 0.6 is 0 Å². The van der Waals surface area contributed by atoms with Gasteiger partial charge in [-0.05, 0) is 24.6 Å². The molecule has 0 unspecified atom stereocenters. The molecule has 0 aromatic carbocycles. The van der Waals surface area contributed by atoms with Crippen LogP contribution in [0.25, 0.3) is 0 Å². The van der Waals surface area contributed by atoms with Crippen molar-refractivity contribution in [3.8, 4) is 0 Å². The largest absolute Gasteiger partial charge is 0.394 e. The number of aliphatic hydroxyl groups is 1. The molecule has 0 bridgehead atoms. The molecule has 0 aliphatic carbocycles. The van der Waals surface area contributed by atoms with Crippen molar-refractivity contribution in [2.45, 2.75) is 19.4 Å². The molecule has 2 N–H and O–H groups in total. The van der Waals surface area contributed by atoms with Crippen LogP contribution in [0.5, 0.6) is 0 Å². The van der Waals surface area contributed by atoms with E-state index in [-0.39, 0.29) is 18.6 Å². The minimum absolute atomic E-state index is 0.0396. The van der Waals surface area contributed by atoms with Crippen LogP contribution in [0.3, 0.4) is 0 Å². The van der Waals surface area contributed by atoms with E-state index in [4.69, 9.17) is 5.11 Å². The number of aromatic nitrogens is 1. The molecule has 1 amide bonds. The minimum Gasteiger partial charge on any atom is -0.394 e. The third-order valence-electron chi connectivity index (χ3n) is 1.80. The summed E-state index contributed by atoms with van der Waals surface area (Å²) in [5.74, 6) is -0.0854. The number of carbonyl (C=O) groups is 1. The first kappa shape index (κ1) is 10.7. The van der Waals surface area contributed by atoms with E-state index in [0.29, 0.717) is 6.42 Å². The number of nitrogens with one attached hydrogen (secondary N) is 1. The molecule has 76 valence electrons. The summed E-state index contributed by atoms with van der Waals surface area (Å²) in [7, 11) is 0. The summed E-state index contributed by atoms with van der Waals surface area (Å²) < 4.78 is 0. The number of hydrogen-bond acceptors (Lipinski definition) is 3. The second kappa shape index (κ2) is 5.34. The summed E-state index contributed by atoms with van der Waals surface area (Å²) in [6.45, 7) is 1.71. The highest BCUT2D eigenvalue weighted by atomic mass is 16.3. The lowest BCUT2D eigenvalue weighted by Crippen LogP contribution is -2.35. The van der Waals surface area contributed by atoms with Gasteiger partial charge in [0, 0.05) is 18.4 Å². The van der Waals surface area contributed by atoms with Crippen molar-refractivity contribution in [3.63, 3.8) is 0 Å². The third kappa shape index (κ3) is 3.53. The highest BCUT2D eigenvalue weighted by Gasteiger charge is 2.06. The monoisotopic (exact) mass is 194 g/mol. The Balaban J connectivity index is 2.42. The van der Waals surface area contributed by atoms with E-state index in [1.165, 1.54) is 0 Å². The molecule has 0 aliphatic heterocycles. The molecule has 0 radical (unpaired) electrons. The molecule has 4 heteroatoms. The molecule has 0 spiro atoms. The zero-order valence-corrected chi connectivity index (χ0v) is 8.10. The number of amides is 1. The minimum atomic E-state index is -0.190. The van der Waals surface area contributed by atoms with Crippen molar-refractivity contribution in [1.29, 1.82) is 0 Å². The molecule has 1 rings (SSSR count). The van der Waals surface area contributed by atoms with Crippen LogP contribution in [-0.2, 0) is 11.2 Å². The number of carbonyl (C=O) groups excluding carboxylic acids is 1. The molecule has 0 saturated carbocycles. The number of hydrogen-bond donors (Lipinski definition) is 2. The van der Waals surface area contributed by atoms with Crippen LogP contribution < -0.4 is 5.32 Å². The highest BCUT2D eigenvalue weighted by molar-refractivity contribution is 5.78. The van der Waals surface area contributed by atoms with Gasteiger partial charge in [-0.3, -0.25) is 9.78 Å². The van der Waals surface area contributed by atoms with Gasteiger partial charge in [0.25, 0.3) is 0 Å². The van der Waals surface area contributed by atoms with Crippen LogP contribution in [0.4, 0.5) is 0 Å². The second-order valence-electron chi connectivity index (χ2n) is 3.18. The van der Waals surface area contributed by atoms with Crippen LogP contribution in [0, 0.1) is 0 Å². The van der Waals surface area contributed by atoms with Crippen molar-refractivity contribution in [2.24, 2.45) is 0 Å². The van der Waals surface area contributed by atoms with E-state index < -0.39 is 0 Å². The number of nitrogens with zero attached hydrogens (tertiary/aromatic N) is 1. The summed E-state index contributed by atoms with van der Waals surface area (Å²) in [4.78, 5) is 15.2. The summed E-state index contributed by atoms with van der Waals surface area (Å²) in [5.41, 5.74) is 0.919. The standard InChI is InChI=1S/C10H14N2O2/c1-8(7-13)12-10(14)6-9-2-4-11-5-3-9/h2-5,8,13H,6-7H2,1H3,(H,12,14)/t8-/m1/s1. The number of pyridine rings is 1. The smallest absolute Gasteiger partial charge is 0.224 e. The van der Waals surface area contributed by atoms with Crippen molar-refractivity contribution < 1.29 is 9.90 Å². The highest BCUT2D eigenvalue weighted by Crippen LogP contribution is 1.97. The number of rotatable bonds is 4. The van der Waals surface area contributed by atoms with Crippen molar-refractivity contribution in [2.75, 3.05) is 6.61 Å². The summed E-state index contributed by atoms with van der Waals surface area (Å²) in [5, 5.41) is 11.4. The van der Waals surface area contributed by atoms with Crippen molar-refractivity contribution in [3.05, 3.63) is 30.1 Å². The van der Waals surface area contributed by atoms with Gasteiger partial charge in [0.2, 0.25) is 5.91 Å². The van der Waals surface area contributed by atoms with Crippen molar-refractivity contribution >= 4 is 5.91 Å². The predicted octanol–water partition coefficient (Wildman–Crippen LogP) is 0.121. The van der Waals surface area contributed by atoms with Crippen LogP contribution in [0.15, 0.2) is 24.5 Å². The van der Waals surface area contributed by atoms with Crippen molar-refractivity contribution in [1.82, 2.24) is 10.3 Å². The van der Waals surface area contributed by atoms with E-state index in [0.717, 1.165) is 5.56 Å². The Labute approximate surface area is 83.0 Å². The van der Waals surface area contributed by atoms with Gasteiger partial charge in [0.05, 0.1) is 13.0 Å². The Hall–Kier alpha value is -1.42. The maximum Gasteiger partial charge on any atom is 0.224 e. The second-order valence-corrected chi connectivity index (χ2v) is 3.18. The lowest BCUT2D eigenvalue weighted by atomic mass is 10.2. The van der Waals surface area contributed by atoms with Crippen LogP contribution in [0.2, 0.25) is 0 Å². The fourth-order valence-electron chi connectivity index (χ4n) is 1.06. The molecule has 1 heterocycles. The lowest BCUT2D eigenvalue weighted by Gasteiger charge is -2.10. The molecule has 14 heavy (non-hydrogen) atoms. The summed E-state index contributed by atoms with van der Waals surface area (Å²) >= 11 is 0. The Kier molecular flexibility index (Phi) is 4.07. The van der Waals surface area contributed by atoms with Gasteiger partial charge < -0.3 is 10.4 Å². The molecule has 1 aromatic heterocycles. The van der Waals surface area contributed by atoms with Gasteiger partial charge in [-0.1, -0.05) is 0 Å². The van der Waals surface area contributed by atoms with Gasteiger partial charge in [0.1, 0.15) is 0 Å². The van der Waals surface area contributed by atoms with Gasteiger partial charge in [0.15, 0.2) is 0 Å². The predicted molar refractivity (Wildman–Crippen MR) is 52.6 cm³/mol. The third-order valence-corrected chi connectivity index (χ3v) is 1.80. The fourth-order valence-corrected chi connectivity index (χ4v) is 1.06. The molecular formula is C10H14N2O2. The molecule has 0 aliphatic rings. The van der Waals surface area contributed by atoms with Crippen LogP contribution in [0.1, 0.15) is 12.5 Å². The van der Waals surface area contributed by atoms with E-state index in [1.54, 1.807) is 31.5 Å². The van der Waals surface area contributed by atoms with E-state index in [1.807, 2.05) is 0 Å². The summed E-state index contributed by atoms with van der Waals surface area (Å²) in [6, 6.07) is 3.40. The lowest BCUT2D eigenvalue weighted by molar-refractivity contribution is -0.121. The Morgan fingerprint density at radius 3 is 2.79 bits per heavy atom. The van der Waals surface area contributed by atoms with E-state index in [2.05, 4.69) is 10.3 Å². The van der Waals surface area contributed by atoms with Gasteiger partial charge >= 0.3 is 0 Å². The molecule has 4 nitrogen and oxygen atoms in total. The first-order chi connectivity index (χ1) is 6.72. The average Bonchev–Trinajstić information content (AvgIpc) is 2.19. The zero-order valence-electron chi connectivity index (χ0n) is 8.10. The average molecular weight is 194 g/mol. The molecule has 0 fully saturated rings. The first-order valence-corrected chi connectivity index (χ1v) is 4.51. The first-order valence-electron chi connectivity index (χ1n) is 4.51. The fraction of sp³-hybridized carbons (Fsp3) is 0.400. The molecule has 1 aromatic rings. The normalized spacial score (nSPS) is 12.1. The quantitative estimate of drug-likeness (QED) is 0.715. The molecule has 1 atom stereocenters. The van der Waals surface area contributed by atoms with Gasteiger partial charge in [-0.25, -0.2) is 0 Å². The SMILES string of the molecule is C[C@H](CO)NC(=O)Cc1ccncc1. The Morgan fingerprint density at radius 1 is 1.57 bits per heavy atom. The van der Waals surface area contributed by atoms with E-state index in [9.17, 15) is 4.79 Å². The number of aliphatic hydroxyl groups excluding tert-OH is 1. The molecular weight excluding hydrogens is 180 g/mol. The topological polar surface area (TPSA) is 62.2 Å². The van der Waals surface area contributed by atoms with E-state index >= 15 is 0 Å². The van der Waals surface area contributed by atoms with Crippen LogP contribution in [-0.4, -0.2) is 28.6 Å². The zero-order chi connectivity index (χ0) is 10.4. The Morgan fingerprint density at radius 2 is 2.21 bits per heavy atom.